The van der Waals surface area contributed by atoms with E-state index in [1.165, 1.54) is 11.8 Å². The minimum Gasteiger partial charge on any atom is -0.355 e. The van der Waals surface area contributed by atoms with Gasteiger partial charge in [-0.2, -0.15) is 0 Å². The number of amides is 1. The lowest BCUT2D eigenvalue weighted by Gasteiger charge is -2.12. The molecule has 0 saturated heterocycles. The Morgan fingerprint density at radius 1 is 1.29 bits per heavy atom. The number of rotatable bonds is 8. The van der Waals surface area contributed by atoms with Crippen LogP contribution in [0.2, 0.25) is 5.02 Å². The highest BCUT2D eigenvalue weighted by molar-refractivity contribution is 7.99. The molecule has 0 aliphatic heterocycles. The van der Waals surface area contributed by atoms with Gasteiger partial charge in [-0.05, 0) is 36.6 Å². The van der Waals surface area contributed by atoms with Crippen molar-refractivity contribution in [3.05, 3.63) is 29.3 Å². The fourth-order valence-electron chi connectivity index (χ4n) is 2.18. The third-order valence-electron chi connectivity index (χ3n) is 3.27. The first-order valence-electron chi connectivity index (χ1n) is 8.10. The Balaban J connectivity index is 2.19. The van der Waals surface area contributed by atoms with Gasteiger partial charge >= 0.3 is 0 Å². The van der Waals surface area contributed by atoms with Gasteiger partial charge in [0.1, 0.15) is 0 Å². The molecular formula is C17H23ClN4OS. The Kier molecular flexibility index (Phi) is 7.12. The second-order valence-corrected chi connectivity index (χ2v) is 7.34. The zero-order valence-corrected chi connectivity index (χ0v) is 15.8. The number of nitrogens with zero attached hydrogens (tertiary/aromatic N) is 3. The summed E-state index contributed by atoms with van der Waals surface area (Å²) in [6.45, 7) is 7.82. The van der Waals surface area contributed by atoms with Crippen LogP contribution in [0.25, 0.3) is 11.4 Å². The van der Waals surface area contributed by atoms with Crippen molar-refractivity contribution in [2.45, 2.75) is 38.9 Å². The van der Waals surface area contributed by atoms with Crippen LogP contribution in [0, 0.1) is 5.92 Å². The lowest BCUT2D eigenvalue weighted by molar-refractivity contribution is -0.118. The number of hydrogen-bond donors (Lipinski definition) is 1. The highest BCUT2D eigenvalue weighted by Crippen LogP contribution is 2.26. The number of hydrogen-bond acceptors (Lipinski definition) is 4. The van der Waals surface area contributed by atoms with Crippen molar-refractivity contribution < 1.29 is 4.79 Å². The van der Waals surface area contributed by atoms with E-state index in [1.54, 1.807) is 0 Å². The molecule has 0 fully saturated rings. The van der Waals surface area contributed by atoms with Crippen molar-refractivity contribution in [2.75, 3.05) is 12.3 Å². The molecule has 0 aliphatic carbocycles. The van der Waals surface area contributed by atoms with Gasteiger partial charge in [-0.25, -0.2) is 0 Å². The summed E-state index contributed by atoms with van der Waals surface area (Å²) in [6, 6.07) is 7.56. The summed E-state index contributed by atoms with van der Waals surface area (Å²) in [6.07, 6.45) is 0.931. The molecule has 2 aromatic rings. The molecule has 1 amide bonds. The van der Waals surface area contributed by atoms with Crippen LogP contribution in [-0.4, -0.2) is 33.0 Å². The lowest BCUT2D eigenvalue weighted by atomic mass is 10.2. The monoisotopic (exact) mass is 366 g/mol. The van der Waals surface area contributed by atoms with Gasteiger partial charge in [-0.15, -0.1) is 10.2 Å². The number of nitrogens with one attached hydrogen (secondary N) is 1. The minimum atomic E-state index is 0.0222. The Labute approximate surface area is 152 Å². The third kappa shape index (κ3) is 5.24. The Hall–Kier alpha value is -1.53. The summed E-state index contributed by atoms with van der Waals surface area (Å²) in [5, 5.41) is 12.9. The van der Waals surface area contributed by atoms with E-state index in [0.29, 0.717) is 23.2 Å². The molecule has 1 aromatic heterocycles. The van der Waals surface area contributed by atoms with Crippen molar-refractivity contribution in [1.82, 2.24) is 20.1 Å². The molecule has 0 bridgehead atoms. The molecule has 0 radical (unpaired) electrons. The van der Waals surface area contributed by atoms with Crippen LogP contribution >= 0.6 is 23.4 Å². The summed E-state index contributed by atoms with van der Waals surface area (Å²) in [7, 11) is 0. The molecule has 1 N–H and O–H groups in total. The van der Waals surface area contributed by atoms with Crippen molar-refractivity contribution in [2.24, 2.45) is 5.92 Å². The predicted octanol–water partition coefficient (Wildman–Crippen LogP) is 3.87. The number of carbonyl (C=O) groups excluding carboxylic acids is 1. The molecular weight excluding hydrogens is 344 g/mol. The number of carbonyl (C=O) groups is 1. The smallest absolute Gasteiger partial charge is 0.230 e. The van der Waals surface area contributed by atoms with Crippen molar-refractivity contribution in [3.8, 4) is 11.4 Å². The quantitative estimate of drug-likeness (QED) is 0.720. The summed E-state index contributed by atoms with van der Waals surface area (Å²) >= 11 is 7.38. The van der Waals surface area contributed by atoms with Gasteiger partial charge < -0.3 is 9.88 Å². The second-order valence-electron chi connectivity index (χ2n) is 5.96. The van der Waals surface area contributed by atoms with Crippen LogP contribution in [0.1, 0.15) is 27.2 Å². The van der Waals surface area contributed by atoms with E-state index in [2.05, 4.69) is 33.9 Å². The van der Waals surface area contributed by atoms with Crippen LogP contribution in [0.15, 0.2) is 29.4 Å². The second kappa shape index (κ2) is 9.08. The van der Waals surface area contributed by atoms with E-state index in [1.807, 2.05) is 31.2 Å². The predicted molar refractivity (Wildman–Crippen MR) is 99.3 cm³/mol. The molecule has 0 aliphatic rings. The fraction of sp³-hybridized carbons (Fsp3) is 0.471. The maximum Gasteiger partial charge on any atom is 0.230 e. The van der Waals surface area contributed by atoms with E-state index < -0.39 is 0 Å². The molecule has 24 heavy (non-hydrogen) atoms. The Morgan fingerprint density at radius 3 is 2.62 bits per heavy atom. The molecule has 1 aromatic carbocycles. The Morgan fingerprint density at radius 2 is 2.00 bits per heavy atom. The summed E-state index contributed by atoms with van der Waals surface area (Å²) in [5.74, 6) is 1.61. The zero-order chi connectivity index (χ0) is 17.5. The number of aromatic nitrogens is 3. The largest absolute Gasteiger partial charge is 0.355 e. The highest BCUT2D eigenvalue weighted by Gasteiger charge is 2.16. The van der Waals surface area contributed by atoms with E-state index in [4.69, 9.17) is 11.6 Å². The standard InChI is InChI=1S/C17H23ClN4OS/c1-4-9-19-15(23)11-24-17-21-20-16(22(17)10-12(2)3)13-5-7-14(18)8-6-13/h5-8,12H,4,9-11H2,1-3H3,(H,19,23). The lowest BCUT2D eigenvalue weighted by Crippen LogP contribution is -2.25. The van der Waals surface area contributed by atoms with Crippen LogP contribution in [-0.2, 0) is 11.3 Å². The molecule has 0 spiro atoms. The first-order valence-corrected chi connectivity index (χ1v) is 9.46. The molecule has 5 nitrogen and oxygen atoms in total. The number of benzene rings is 1. The average Bonchev–Trinajstić information content (AvgIpc) is 2.93. The van der Waals surface area contributed by atoms with Crippen LogP contribution in [0.3, 0.4) is 0 Å². The summed E-state index contributed by atoms with van der Waals surface area (Å²) in [4.78, 5) is 11.8. The number of thioether (sulfide) groups is 1. The SMILES string of the molecule is CCCNC(=O)CSc1nnc(-c2ccc(Cl)cc2)n1CC(C)C. The van der Waals surface area contributed by atoms with E-state index in [-0.39, 0.29) is 5.91 Å². The van der Waals surface area contributed by atoms with Crippen molar-refractivity contribution in [1.29, 1.82) is 0 Å². The average molecular weight is 367 g/mol. The normalized spacial score (nSPS) is 11.0. The van der Waals surface area contributed by atoms with Gasteiger partial charge in [-0.1, -0.05) is 44.1 Å². The molecule has 1 heterocycles. The maximum atomic E-state index is 11.8. The molecule has 0 unspecified atom stereocenters. The topological polar surface area (TPSA) is 59.8 Å². The van der Waals surface area contributed by atoms with Crippen molar-refractivity contribution in [3.63, 3.8) is 0 Å². The fourth-order valence-corrected chi connectivity index (χ4v) is 3.09. The van der Waals surface area contributed by atoms with Gasteiger partial charge in [0.25, 0.3) is 0 Å². The van der Waals surface area contributed by atoms with Gasteiger partial charge in [0, 0.05) is 23.7 Å². The first kappa shape index (κ1) is 18.8. The molecule has 0 atom stereocenters. The van der Waals surface area contributed by atoms with Crippen LogP contribution in [0.5, 0.6) is 0 Å². The van der Waals surface area contributed by atoms with Gasteiger partial charge in [0.15, 0.2) is 11.0 Å². The van der Waals surface area contributed by atoms with E-state index >= 15 is 0 Å². The van der Waals surface area contributed by atoms with Crippen LogP contribution < -0.4 is 5.32 Å². The van der Waals surface area contributed by atoms with Gasteiger partial charge in [-0.3, -0.25) is 4.79 Å². The molecule has 2 rings (SSSR count). The molecule has 130 valence electrons. The first-order chi connectivity index (χ1) is 11.5. The van der Waals surface area contributed by atoms with Gasteiger partial charge in [0.05, 0.1) is 5.75 Å². The molecule has 7 heteroatoms. The molecule has 0 saturated carbocycles. The highest BCUT2D eigenvalue weighted by atomic mass is 35.5. The summed E-state index contributed by atoms with van der Waals surface area (Å²) in [5.41, 5.74) is 0.967. The third-order valence-corrected chi connectivity index (χ3v) is 4.49. The Bertz CT molecular complexity index is 670. The maximum absolute atomic E-state index is 11.8. The summed E-state index contributed by atoms with van der Waals surface area (Å²) < 4.78 is 2.08. The van der Waals surface area contributed by atoms with Crippen LogP contribution in [0.4, 0.5) is 0 Å². The zero-order valence-electron chi connectivity index (χ0n) is 14.3. The van der Waals surface area contributed by atoms with E-state index in [0.717, 1.165) is 29.5 Å². The van der Waals surface area contributed by atoms with Crippen molar-refractivity contribution >= 4 is 29.3 Å². The van der Waals surface area contributed by atoms with Gasteiger partial charge in [0.2, 0.25) is 5.91 Å². The van der Waals surface area contributed by atoms with E-state index in [9.17, 15) is 4.79 Å². The minimum absolute atomic E-state index is 0.0222. The number of halogens is 1.